The van der Waals surface area contributed by atoms with Gasteiger partial charge in [-0.2, -0.15) is 0 Å². The Bertz CT molecular complexity index is 257. The summed E-state index contributed by atoms with van der Waals surface area (Å²) in [5, 5.41) is 12.0. The van der Waals surface area contributed by atoms with Crippen molar-refractivity contribution in [3.8, 4) is 0 Å². The molecule has 0 aromatic heterocycles. The van der Waals surface area contributed by atoms with E-state index in [-0.39, 0.29) is 12.7 Å². The lowest BCUT2D eigenvalue weighted by atomic mass is 10.1. The van der Waals surface area contributed by atoms with Gasteiger partial charge in [0.15, 0.2) is 0 Å². The van der Waals surface area contributed by atoms with Crippen molar-refractivity contribution in [1.29, 1.82) is 0 Å². The zero-order chi connectivity index (χ0) is 11.6. The maximum absolute atomic E-state index is 7.57. The van der Waals surface area contributed by atoms with E-state index in [1.54, 1.807) is 6.92 Å². The molecule has 4 heteroatoms. The fourth-order valence-corrected chi connectivity index (χ4v) is 1.36. The van der Waals surface area contributed by atoms with Crippen LogP contribution in [0.25, 0.3) is 0 Å². The molecule has 0 amide bonds. The predicted molar refractivity (Wildman–Crippen MR) is 59.4 cm³/mol. The van der Waals surface area contributed by atoms with Crippen LogP contribution in [0.3, 0.4) is 0 Å². The highest BCUT2D eigenvalue weighted by Crippen LogP contribution is 2.13. The highest BCUT2D eigenvalue weighted by molar-refractivity contribution is 5.15. The minimum atomic E-state index is 0.121. The molecule has 1 fully saturated rings. The van der Waals surface area contributed by atoms with Crippen LogP contribution in [0.5, 0.6) is 0 Å². The second kappa shape index (κ2) is 8.24. The second-order valence-electron chi connectivity index (χ2n) is 3.40. The van der Waals surface area contributed by atoms with Crippen LogP contribution >= 0.6 is 0 Å². The first-order valence-corrected chi connectivity index (χ1v) is 5.46. The lowest BCUT2D eigenvalue weighted by Gasteiger charge is -2.19. The van der Waals surface area contributed by atoms with E-state index in [1.165, 1.54) is 5.56 Å². The average molecular weight is 226 g/mol. The maximum atomic E-state index is 7.57. The zero-order valence-corrected chi connectivity index (χ0v) is 9.46. The predicted octanol–water partition coefficient (Wildman–Crippen LogP) is 1.88. The van der Waals surface area contributed by atoms with Gasteiger partial charge in [0.25, 0.3) is 0 Å². The zero-order valence-electron chi connectivity index (χ0n) is 9.46. The molecule has 0 aliphatic carbocycles. The molecule has 1 atom stereocenters. The van der Waals surface area contributed by atoms with Gasteiger partial charge in [-0.25, -0.2) is 9.78 Å². The molecule has 1 aromatic rings. The van der Waals surface area contributed by atoms with Crippen molar-refractivity contribution in [1.82, 2.24) is 0 Å². The van der Waals surface area contributed by atoms with Crippen molar-refractivity contribution in [2.24, 2.45) is 0 Å². The van der Waals surface area contributed by atoms with Crippen LogP contribution in [-0.2, 0) is 21.2 Å². The van der Waals surface area contributed by atoms with Crippen LogP contribution in [0.15, 0.2) is 30.3 Å². The van der Waals surface area contributed by atoms with Crippen molar-refractivity contribution < 1.29 is 19.9 Å². The van der Waals surface area contributed by atoms with E-state index in [2.05, 4.69) is 22.1 Å². The van der Waals surface area contributed by atoms with E-state index in [4.69, 9.17) is 9.99 Å². The molecular weight excluding hydrogens is 208 g/mol. The SMILES string of the molecule is CCO.c1ccc(C[C@H]2CCOOO2)cc1. The van der Waals surface area contributed by atoms with Gasteiger partial charge in [0, 0.05) is 19.4 Å². The lowest BCUT2D eigenvalue weighted by molar-refractivity contribution is -0.548. The van der Waals surface area contributed by atoms with Crippen LogP contribution in [0, 0.1) is 0 Å². The molecular formula is C12H18O4. The number of rotatable bonds is 2. The van der Waals surface area contributed by atoms with Crippen molar-refractivity contribution in [2.45, 2.75) is 25.9 Å². The first-order chi connectivity index (χ1) is 7.86. The van der Waals surface area contributed by atoms with Gasteiger partial charge in [-0.15, -0.1) is 0 Å². The molecule has 90 valence electrons. The summed E-state index contributed by atoms with van der Waals surface area (Å²) in [5.41, 5.74) is 1.26. The van der Waals surface area contributed by atoms with Gasteiger partial charge in [0.05, 0.1) is 6.61 Å². The third-order valence-electron chi connectivity index (χ3n) is 2.05. The Hall–Kier alpha value is -0.940. The standard InChI is InChI=1S/C10H12O3.C2H6O/c1-2-4-9(5-3-1)8-10-6-7-11-13-12-10;1-2-3/h1-5,10H,6-8H2;3H,2H2,1H3/t10-;/m1./s1. The third-order valence-corrected chi connectivity index (χ3v) is 2.05. The molecule has 0 spiro atoms. The summed E-state index contributed by atoms with van der Waals surface area (Å²) >= 11 is 0. The first-order valence-electron chi connectivity index (χ1n) is 5.46. The molecule has 1 aliphatic heterocycles. The molecule has 0 unspecified atom stereocenters. The fraction of sp³-hybridized carbons (Fsp3) is 0.500. The molecule has 16 heavy (non-hydrogen) atoms. The van der Waals surface area contributed by atoms with Crippen LogP contribution in [0.4, 0.5) is 0 Å². The van der Waals surface area contributed by atoms with Gasteiger partial charge in [-0.1, -0.05) is 35.4 Å². The molecule has 1 heterocycles. The Balaban J connectivity index is 0.000000386. The van der Waals surface area contributed by atoms with E-state index in [9.17, 15) is 0 Å². The lowest BCUT2D eigenvalue weighted by Crippen LogP contribution is -2.24. The van der Waals surface area contributed by atoms with Crippen LogP contribution < -0.4 is 0 Å². The summed E-state index contributed by atoms with van der Waals surface area (Å²) < 4.78 is 0. The van der Waals surface area contributed by atoms with Crippen LogP contribution in [0.1, 0.15) is 18.9 Å². The Morgan fingerprint density at radius 1 is 1.31 bits per heavy atom. The third kappa shape index (κ3) is 5.23. The van der Waals surface area contributed by atoms with E-state index >= 15 is 0 Å². The highest BCUT2D eigenvalue weighted by atomic mass is 17.5. The minimum Gasteiger partial charge on any atom is -0.397 e. The summed E-state index contributed by atoms with van der Waals surface area (Å²) in [4.78, 5) is 9.57. The monoisotopic (exact) mass is 226 g/mol. The summed E-state index contributed by atoms with van der Waals surface area (Å²) in [6, 6.07) is 10.2. The molecule has 1 N–H and O–H groups in total. The Morgan fingerprint density at radius 2 is 2.00 bits per heavy atom. The molecule has 0 bridgehead atoms. The number of benzene rings is 1. The van der Waals surface area contributed by atoms with Crippen molar-refractivity contribution in [3.05, 3.63) is 35.9 Å². The summed E-state index contributed by atoms with van der Waals surface area (Å²) in [7, 11) is 0. The number of hydrogen-bond donors (Lipinski definition) is 1. The van der Waals surface area contributed by atoms with Crippen LogP contribution in [-0.4, -0.2) is 24.4 Å². The van der Waals surface area contributed by atoms with E-state index in [0.29, 0.717) is 6.61 Å². The van der Waals surface area contributed by atoms with Crippen molar-refractivity contribution in [3.63, 3.8) is 0 Å². The Labute approximate surface area is 95.6 Å². The smallest absolute Gasteiger partial charge is 0.102 e. The number of aliphatic hydroxyl groups is 1. The largest absolute Gasteiger partial charge is 0.397 e. The Morgan fingerprint density at radius 3 is 2.56 bits per heavy atom. The molecule has 1 saturated heterocycles. The molecule has 1 aromatic carbocycles. The molecule has 0 saturated carbocycles. The van der Waals surface area contributed by atoms with Crippen molar-refractivity contribution >= 4 is 0 Å². The van der Waals surface area contributed by atoms with Gasteiger partial charge in [0.1, 0.15) is 6.10 Å². The average Bonchev–Trinajstić information content (AvgIpc) is 2.33. The topological polar surface area (TPSA) is 47.9 Å². The van der Waals surface area contributed by atoms with Gasteiger partial charge in [-0.3, -0.25) is 0 Å². The molecule has 1 aliphatic rings. The number of aliphatic hydroxyl groups excluding tert-OH is 1. The van der Waals surface area contributed by atoms with Gasteiger partial charge < -0.3 is 5.11 Å². The van der Waals surface area contributed by atoms with Gasteiger partial charge in [-0.05, 0) is 12.5 Å². The maximum Gasteiger partial charge on any atom is 0.102 e. The summed E-state index contributed by atoms with van der Waals surface area (Å²) in [6.45, 7) is 2.54. The van der Waals surface area contributed by atoms with Crippen molar-refractivity contribution in [2.75, 3.05) is 13.2 Å². The van der Waals surface area contributed by atoms with Gasteiger partial charge >= 0.3 is 0 Å². The normalized spacial score (nSPS) is 19.8. The molecule has 4 nitrogen and oxygen atoms in total. The summed E-state index contributed by atoms with van der Waals surface area (Å²) in [6.07, 6.45) is 1.88. The fourth-order valence-electron chi connectivity index (χ4n) is 1.36. The quantitative estimate of drug-likeness (QED) is 0.782. The second-order valence-corrected chi connectivity index (χ2v) is 3.40. The van der Waals surface area contributed by atoms with E-state index in [0.717, 1.165) is 12.8 Å². The minimum absolute atomic E-state index is 0.121. The van der Waals surface area contributed by atoms with E-state index < -0.39 is 0 Å². The summed E-state index contributed by atoms with van der Waals surface area (Å²) in [5.74, 6) is 0. The highest BCUT2D eigenvalue weighted by Gasteiger charge is 2.16. The molecule has 2 rings (SSSR count). The van der Waals surface area contributed by atoms with E-state index in [1.807, 2.05) is 18.2 Å². The Kier molecular flexibility index (Phi) is 6.76. The number of hydrogen-bond acceptors (Lipinski definition) is 4. The first kappa shape index (κ1) is 13.1. The van der Waals surface area contributed by atoms with Gasteiger partial charge in [0.2, 0.25) is 0 Å². The van der Waals surface area contributed by atoms with Crippen LogP contribution in [0.2, 0.25) is 0 Å². The molecule has 0 radical (unpaired) electrons.